The Labute approximate surface area is 101 Å². The summed E-state index contributed by atoms with van der Waals surface area (Å²) in [7, 11) is -6.10. The van der Waals surface area contributed by atoms with Crippen LogP contribution in [-0.4, -0.2) is 51.8 Å². The van der Waals surface area contributed by atoms with E-state index in [9.17, 15) is 21.6 Å². The Morgan fingerprint density at radius 3 is 2.00 bits per heavy atom. The first-order valence-corrected chi connectivity index (χ1v) is 9.13. The minimum Gasteiger partial charge on any atom is -0.352 e. The Kier molecular flexibility index (Phi) is 3.19. The standard InChI is InChI=1S/C9H15NO5S2/c11-9(7-1-3-16(12,13)5-7)10-8-2-4-17(14,15)6-8/h7-8H,1-6H2,(H,10,11). The molecule has 0 bridgehead atoms. The third kappa shape index (κ3) is 3.19. The van der Waals surface area contributed by atoms with E-state index < -0.39 is 25.6 Å². The van der Waals surface area contributed by atoms with Crippen molar-refractivity contribution in [1.82, 2.24) is 5.32 Å². The van der Waals surface area contributed by atoms with Crippen molar-refractivity contribution in [2.45, 2.75) is 18.9 Å². The van der Waals surface area contributed by atoms with Crippen molar-refractivity contribution in [3.05, 3.63) is 0 Å². The third-order valence-electron chi connectivity index (χ3n) is 3.18. The van der Waals surface area contributed by atoms with Crippen LogP contribution in [0.25, 0.3) is 0 Å². The molecule has 6 nitrogen and oxygen atoms in total. The van der Waals surface area contributed by atoms with Gasteiger partial charge in [0.2, 0.25) is 5.91 Å². The maximum atomic E-state index is 11.7. The fraction of sp³-hybridized carbons (Fsp3) is 0.889. The van der Waals surface area contributed by atoms with Crippen LogP contribution in [-0.2, 0) is 24.5 Å². The smallest absolute Gasteiger partial charge is 0.224 e. The summed E-state index contributed by atoms with van der Waals surface area (Å²) >= 11 is 0. The Morgan fingerprint density at radius 1 is 0.941 bits per heavy atom. The van der Waals surface area contributed by atoms with Gasteiger partial charge in [0.15, 0.2) is 19.7 Å². The highest BCUT2D eigenvalue weighted by Gasteiger charge is 2.35. The maximum Gasteiger partial charge on any atom is 0.224 e. The van der Waals surface area contributed by atoms with E-state index in [1.54, 1.807) is 0 Å². The van der Waals surface area contributed by atoms with Crippen LogP contribution in [0.15, 0.2) is 0 Å². The molecular weight excluding hydrogens is 266 g/mol. The maximum absolute atomic E-state index is 11.7. The lowest BCUT2D eigenvalue weighted by atomic mass is 10.1. The second kappa shape index (κ2) is 4.24. The van der Waals surface area contributed by atoms with Crippen LogP contribution < -0.4 is 5.32 Å². The second-order valence-corrected chi connectivity index (χ2v) is 9.17. The Balaban J connectivity index is 1.91. The van der Waals surface area contributed by atoms with Crippen LogP contribution >= 0.6 is 0 Å². The fourth-order valence-electron chi connectivity index (χ4n) is 2.23. The molecule has 0 aromatic heterocycles. The molecule has 0 radical (unpaired) electrons. The number of hydrogen-bond acceptors (Lipinski definition) is 5. The molecule has 2 heterocycles. The van der Waals surface area contributed by atoms with Gasteiger partial charge >= 0.3 is 0 Å². The van der Waals surface area contributed by atoms with Gasteiger partial charge in [-0.2, -0.15) is 0 Å². The summed E-state index contributed by atoms with van der Waals surface area (Å²) < 4.78 is 44.8. The first-order chi connectivity index (χ1) is 7.77. The summed E-state index contributed by atoms with van der Waals surface area (Å²) in [6, 6.07) is -0.351. The summed E-state index contributed by atoms with van der Waals surface area (Å²) in [5.41, 5.74) is 0. The van der Waals surface area contributed by atoms with Crippen LogP contribution in [0.2, 0.25) is 0 Å². The predicted molar refractivity (Wildman–Crippen MR) is 62.0 cm³/mol. The van der Waals surface area contributed by atoms with E-state index in [2.05, 4.69) is 5.32 Å². The van der Waals surface area contributed by atoms with Gasteiger partial charge in [0.1, 0.15) is 0 Å². The zero-order valence-electron chi connectivity index (χ0n) is 9.26. The minimum atomic E-state index is -3.08. The van der Waals surface area contributed by atoms with Crippen LogP contribution in [0, 0.1) is 5.92 Å². The van der Waals surface area contributed by atoms with Crippen LogP contribution in [0.3, 0.4) is 0 Å². The molecule has 98 valence electrons. The first-order valence-electron chi connectivity index (χ1n) is 5.49. The molecule has 2 atom stereocenters. The van der Waals surface area contributed by atoms with E-state index >= 15 is 0 Å². The van der Waals surface area contributed by atoms with Crippen molar-refractivity contribution < 1.29 is 21.6 Å². The van der Waals surface area contributed by atoms with Crippen molar-refractivity contribution in [2.75, 3.05) is 23.0 Å². The highest BCUT2D eigenvalue weighted by atomic mass is 32.2. The highest BCUT2D eigenvalue weighted by Crippen LogP contribution is 2.19. The number of amides is 1. The van der Waals surface area contributed by atoms with Crippen molar-refractivity contribution in [1.29, 1.82) is 0 Å². The molecule has 2 unspecified atom stereocenters. The molecule has 0 aliphatic carbocycles. The summed E-state index contributed by atoms with van der Waals surface area (Å²) in [6.45, 7) is 0. The molecule has 17 heavy (non-hydrogen) atoms. The molecule has 1 amide bonds. The van der Waals surface area contributed by atoms with Crippen molar-refractivity contribution in [3.8, 4) is 0 Å². The van der Waals surface area contributed by atoms with Gasteiger partial charge in [-0.25, -0.2) is 16.8 Å². The molecule has 2 saturated heterocycles. The van der Waals surface area contributed by atoms with E-state index in [0.29, 0.717) is 12.8 Å². The van der Waals surface area contributed by atoms with E-state index in [0.717, 1.165) is 0 Å². The number of hydrogen-bond donors (Lipinski definition) is 1. The van der Waals surface area contributed by atoms with Gasteiger partial charge in [0, 0.05) is 6.04 Å². The average Bonchev–Trinajstić information content (AvgIpc) is 2.69. The van der Waals surface area contributed by atoms with E-state index in [-0.39, 0.29) is 35.0 Å². The molecule has 1 N–H and O–H groups in total. The Morgan fingerprint density at radius 2 is 1.53 bits per heavy atom. The number of nitrogens with one attached hydrogen (secondary N) is 1. The van der Waals surface area contributed by atoms with Crippen molar-refractivity contribution >= 4 is 25.6 Å². The van der Waals surface area contributed by atoms with Gasteiger partial charge < -0.3 is 5.32 Å². The van der Waals surface area contributed by atoms with Gasteiger partial charge in [0.05, 0.1) is 28.9 Å². The van der Waals surface area contributed by atoms with Gasteiger partial charge in [-0.3, -0.25) is 4.79 Å². The van der Waals surface area contributed by atoms with E-state index in [1.807, 2.05) is 0 Å². The lowest BCUT2D eigenvalue weighted by Gasteiger charge is -2.13. The van der Waals surface area contributed by atoms with Crippen molar-refractivity contribution in [2.24, 2.45) is 5.92 Å². The highest BCUT2D eigenvalue weighted by molar-refractivity contribution is 7.91. The topological polar surface area (TPSA) is 97.4 Å². The number of rotatable bonds is 2. The third-order valence-corrected chi connectivity index (χ3v) is 6.72. The number of carbonyl (C=O) groups excluding carboxylic acids is 1. The second-order valence-electron chi connectivity index (χ2n) is 4.71. The van der Waals surface area contributed by atoms with Gasteiger partial charge in [-0.1, -0.05) is 0 Å². The first kappa shape index (κ1) is 12.8. The molecule has 2 aliphatic rings. The van der Waals surface area contributed by atoms with Gasteiger partial charge in [-0.15, -0.1) is 0 Å². The zero-order valence-corrected chi connectivity index (χ0v) is 10.9. The molecule has 0 saturated carbocycles. The summed E-state index contributed by atoms with van der Waals surface area (Å²) in [6.07, 6.45) is 0.765. The van der Waals surface area contributed by atoms with Gasteiger partial charge in [0.25, 0.3) is 0 Å². The summed E-state index contributed by atoms with van der Waals surface area (Å²) in [4.78, 5) is 11.7. The molecular formula is C9H15NO5S2. The summed E-state index contributed by atoms with van der Waals surface area (Å²) in [5.74, 6) is -0.831. The van der Waals surface area contributed by atoms with Crippen LogP contribution in [0.5, 0.6) is 0 Å². The van der Waals surface area contributed by atoms with Crippen LogP contribution in [0.1, 0.15) is 12.8 Å². The molecule has 8 heteroatoms. The molecule has 0 aromatic rings. The molecule has 0 spiro atoms. The van der Waals surface area contributed by atoms with E-state index in [1.165, 1.54) is 0 Å². The van der Waals surface area contributed by atoms with E-state index in [4.69, 9.17) is 0 Å². The molecule has 2 rings (SSSR count). The lowest BCUT2D eigenvalue weighted by molar-refractivity contribution is -0.124. The normalized spacial score (nSPS) is 34.6. The zero-order chi connectivity index (χ0) is 12.7. The number of sulfone groups is 2. The lowest BCUT2D eigenvalue weighted by Crippen LogP contribution is -2.39. The minimum absolute atomic E-state index is 0.0296. The quantitative estimate of drug-likeness (QED) is 0.680. The molecule has 0 aromatic carbocycles. The van der Waals surface area contributed by atoms with Crippen LogP contribution in [0.4, 0.5) is 0 Å². The monoisotopic (exact) mass is 281 g/mol. The predicted octanol–water partition coefficient (Wildman–Crippen LogP) is -1.28. The van der Waals surface area contributed by atoms with Crippen molar-refractivity contribution in [3.63, 3.8) is 0 Å². The largest absolute Gasteiger partial charge is 0.352 e. The Bertz CT molecular complexity index is 522. The van der Waals surface area contributed by atoms with Gasteiger partial charge in [-0.05, 0) is 12.8 Å². The number of carbonyl (C=O) groups is 1. The average molecular weight is 281 g/mol. The molecule has 2 fully saturated rings. The Hall–Kier alpha value is -0.630. The fourth-order valence-corrected chi connectivity index (χ4v) is 5.64. The SMILES string of the molecule is O=C(NC1CCS(=O)(=O)C1)C1CCS(=O)(=O)C1. The molecule has 2 aliphatic heterocycles. The summed E-state index contributed by atoms with van der Waals surface area (Å²) in [5, 5.41) is 2.63.